The number of rotatable bonds is 5. The van der Waals surface area contributed by atoms with Crippen LogP contribution in [0.3, 0.4) is 0 Å². The van der Waals surface area contributed by atoms with E-state index in [-0.39, 0.29) is 12.5 Å². The van der Waals surface area contributed by atoms with E-state index in [9.17, 15) is 9.59 Å². The van der Waals surface area contributed by atoms with Crippen LogP contribution in [0.5, 0.6) is 0 Å². The first kappa shape index (κ1) is 16.5. The van der Waals surface area contributed by atoms with Crippen molar-refractivity contribution in [3.05, 3.63) is 46.3 Å². The Morgan fingerprint density at radius 1 is 1.21 bits per heavy atom. The van der Waals surface area contributed by atoms with Crippen LogP contribution < -0.4 is 16.0 Å². The van der Waals surface area contributed by atoms with E-state index in [0.717, 1.165) is 36.9 Å². The largest absolute Gasteiger partial charge is 0.365 e. The van der Waals surface area contributed by atoms with E-state index in [0.29, 0.717) is 10.6 Å². The molecule has 0 radical (unpaired) electrons. The van der Waals surface area contributed by atoms with Crippen molar-refractivity contribution >= 4 is 33.8 Å². The Hall–Kier alpha value is -2.34. The van der Waals surface area contributed by atoms with Crippen LogP contribution in [0.25, 0.3) is 0 Å². The lowest BCUT2D eigenvalue weighted by molar-refractivity contribution is -0.114. The first-order chi connectivity index (χ1) is 11.6. The normalized spacial score (nSPS) is 13.2. The van der Waals surface area contributed by atoms with Gasteiger partial charge in [0.25, 0.3) is 5.91 Å². The molecule has 1 aromatic heterocycles. The number of carbonyl (C=O) groups is 2. The number of thiophene rings is 1. The minimum Gasteiger partial charge on any atom is -0.365 e. The number of nitrogens with one attached hydrogen (secondary N) is 1. The quantitative estimate of drug-likeness (QED) is 0.876. The summed E-state index contributed by atoms with van der Waals surface area (Å²) >= 11 is 1.49. The molecular formula is C18H21N3O2S. The van der Waals surface area contributed by atoms with Gasteiger partial charge in [-0.05, 0) is 43.4 Å². The number of hydrogen-bond acceptors (Lipinski definition) is 4. The van der Waals surface area contributed by atoms with Crippen molar-refractivity contribution in [1.82, 2.24) is 0 Å². The number of nitrogens with two attached hydrogens (primary N) is 1. The third-order valence-corrected chi connectivity index (χ3v) is 5.46. The van der Waals surface area contributed by atoms with E-state index < -0.39 is 5.91 Å². The van der Waals surface area contributed by atoms with Gasteiger partial charge in [-0.2, -0.15) is 0 Å². The van der Waals surface area contributed by atoms with Gasteiger partial charge in [0.1, 0.15) is 5.00 Å². The fraction of sp³-hybridized carbons (Fsp3) is 0.333. The Morgan fingerprint density at radius 3 is 2.62 bits per heavy atom. The molecule has 1 aliphatic carbocycles. The number of anilines is 2. The maximum atomic E-state index is 12.4. The zero-order valence-corrected chi connectivity index (χ0v) is 14.5. The molecule has 0 atom stereocenters. The molecule has 0 saturated heterocycles. The van der Waals surface area contributed by atoms with E-state index >= 15 is 0 Å². The highest BCUT2D eigenvalue weighted by Gasteiger charge is 2.25. The molecule has 3 N–H and O–H groups in total. The number of nitrogens with zero attached hydrogens (tertiary/aromatic N) is 1. The standard InChI is InChI=1S/C18H21N3O2S/c1-21(12-7-3-2-4-8-12)11-15(22)20-18-16(17(19)23)13-9-5-6-10-14(13)24-18/h2-4,7-8H,5-6,9-11H2,1H3,(H2,19,23)(H,20,22). The van der Waals surface area contributed by atoms with E-state index in [1.807, 2.05) is 42.3 Å². The predicted octanol–water partition coefficient (Wildman–Crippen LogP) is 2.80. The van der Waals surface area contributed by atoms with Crippen molar-refractivity contribution in [1.29, 1.82) is 0 Å². The molecule has 0 unspecified atom stereocenters. The fourth-order valence-corrected chi connectivity index (χ4v) is 4.38. The number of likely N-dealkylation sites (N-methyl/N-ethyl adjacent to an activating group) is 1. The van der Waals surface area contributed by atoms with Crippen LogP contribution in [0, 0.1) is 0 Å². The number of fused-ring (bicyclic) bond motifs is 1. The third kappa shape index (κ3) is 3.43. The monoisotopic (exact) mass is 343 g/mol. The summed E-state index contributed by atoms with van der Waals surface area (Å²) in [6.45, 7) is 0.213. The molecule has 0 bridgehead atoms. The Labute approximate surface area is 145 Å². The molecule has 3 rings (SSSR count). The lowest BCUT2D eigenvalue weighted by Crippen LogP contribution is -2.30. The van der Waals surface area contributed by atoms with Crippen molar-refractivity contribution in [2.24, 2.45) is 5.73 Å². The van der Waals surface area contributed by atoms with Gasteiger partial charge in [-0.1, -0.05) is 18.2 Å². The number of hydrogen-bond donors (Lipinski definition) is 2. The van der Waals surface area contributed by atoms with Crippen molar-refractivity contribution in [3.63, 3.8) is 0 Å². The molecule has 0 aliphatic heterocycles. The number of primary amides is 1. The molecule has 0 fully saturated rings. The molecule has 5 nitrogen and oxygen atoms in total. The fourth-order valence-electron chi connectivity index (χ4n) is 3.07. The van der Waals surface area contributed by atoms with Crippen LogP contribution >= 0.6 is 11.3 Å². The van der Waals surface area contributed by atoms with Crippen molar-refractivity contribution in [2.75, 3.05) is 23.8 Å². The number of amides is 2. The molecule has 2 amide bonds. The highest BCUT2D eigenvalue weighted by atomic mass is 32.1. The SMILES string of the molecule is CN(CC(=O)Nc1sc2c(c1C(N)=O)CCCC2)c1ccccc1. The predicted molar refractivity (Wildman–Crippen MR) is 97.8 cm³/mol. The summed E-state index contributed by atoms with van der Waals surface area (Å²) in [7, 11) is 1.86. The highest BCUT2D eigenvalue weighted by Crippen LogP contribution is 2.37. The molecule has 1 aromatic carbocycles. The summed E-state index contributed by atoms with van der Waals surface area (Å²) in [4.78, 5) is 27.3. The van der Waals surface area contributed by atoms with Crippen molar-refractivity contribution in [2.45, 2.75) is 25.7 Å². The second kappa shape index (κ2) is 7.05. The Balaban J connectivity index is 1.75. The zero-order chi connectivity index (χ0) is 17.1. The van der Waals surface area contributed by atoms with Crippen molar-refractivity contribution < 1.29 is 9.59 Å². The van der Waals surface area contributed by atoms with E-state index in [1.54, 1.807) is 0 Å². The van der Waals surface area contributed by atoms with Crippen LogP contribution in [0.15, 0.2) is 30.3 Å². The first-order valence-electron chi connectivity index (χ1n) is 8.06. The summed E-state index contributed by atoms with van der Waals surface area (Å²) in [6, 6.07) is 9.70. The number of benzene rings is 1. The molecule has 0 saturated carbocycles. The van der Waals surface area contributed by atoms with Gasteiger partial charge in [-0.25, -0.2) is 0 Å². The van der Waals surface area contributed by atoms with Gasteiger partial charge in [0.15, 0.2) is 0 Å². The van der Waals surface area contributed by atoms with Gasteiger partial charge < -0.3 is 16.0 Å². The first-order valence-corrected chi connectivity index (χ1v) is 8.88. The third-order valence-electron chi connectivity index (χ3n) is 4.25. The summed E-state index contributed by atoms with van der Waals surface area (Å²) < 4.78 is 0. The summed E-state index contributed by atoms with van der Waals surface area (Å²) in [5.41, 5.74) is 8.06. The smallest absolute Gasteiger partial charge is 0.251 e. The summed E-state index contributed by atoms with van der Waals surface area (Å²) in [5.74, 6) is -0.608. The van der Waals surface area contributed by atoms with Crippen LogP contribution in [-0.4, -0.2) is 25.4 Å². The second-order valence-corrected chi connectivity index (χ2v) is 7.12. The topological polar surface area (TPSA) is 75.4 Å². The molecule has 0 spiro atoms. The average Bonchev–Trinajstić information content (AvgIpc) is 2.93. The maximum Gasteiger partial charge on any atom is 0.251 e. The highest BCUT2D eigenvalue weighted by molar-refractivity contribution is 7.17. The minimum absolute atomic E-state index is 0.151. The number of aryl methyl sites for hydroxylation is 1. The van der Waals surface area contributed by atoms with Crippen LogP contribution in [-0.2, 0) is 17.6 Å². The van der Waals surface area contributed by atoms with Gasteiger partial charge in [0, 0.05) is 17.6 Å². The summed E-state index contributed by atoms with van der Waals surface area (Å²) in [5, 5.41) is 3.48. The molecule has 1 aliphatic rings. The van der Waals surface area contributed by atoms with Crippen LogP contribution in [0.4, 0.5) is 10.7 Å². The van der Waals surface area contributed by atoms with E-state index in [1.165, 1.54) is 16.2 Å². The Morgan fingerprint density at radius 2 is 1.92 bits per heavy atom. The number of carbonyl (C=O) groups excluding carboxylic acids is 2. The van der Waals surface area contributed by atoms with E-state index in [4.69, 9.17) is 5.73 Å². The van der Waals surface area contributed by atoms with Gasteiger partial charge >= 0.3 is 0 Å². The molecule has 24 heavy (non-hydrogen) atoms. The average molecular weight is 343 g/mol. The zero-order valence-electron chi connectivity index (χ0n) is 13.7. The maximum absolute atomic E-state index is 12.4. The number of para-hydroxylation sites is 1. The van der Waals surface area contributed by atoms with Gasteiger partial charge in [0.2, 0.25) is 5.91 Å². The Kier molecular flexibility index (Phi) is 4.85. The van der Waals surface area contributed by atoms with Gasteiger partial charge in [-0.3, -0.25) is 9.59 Å². The van der Waals surface area contributed by atoms with Crippen molar-refractivity contribution in [3.8, 4) is 0 Å². The minimum atomic E-state index is -0.457. The van der Waals surface area contributed by atoms with Gasteiger partial charge in [0.05, 0.1) is 12.1 Å². The van der Waals surface area contributed by atoms with Gasteiger partial charge in [-0.15, -0.1) is 11.3 Å². The lowest BCUT2D eigenvalue weighted by atomic mass is 9.95. The molecule has 6 heteroatoms. The lowest BCUT2D eigenvalue weighted by Gasteiger charge is -2.18. The summed E-state index contributed by atoms with van der Waals surface area (Å²) in [6.07, 6.45) is 4.01. The van der Waals surface area contributed by atoms with Crippen LogP contribution in [0.1, 0.15) is 33.6 Å². The molecular weight excluding hydrogens is 322 g/mol. The molecule has 126 valence electrons. The molecule has 1 heterocycles. The second-order valence-electron chi connectivity index (χ2n) is 6.02. The molecule has 2 aromatic rings. The van der Waals surface area contributed by atoms with E-state index in [2.05, 4.69) is 5.32 Å². The Bertz CT molecular complexity index is 755. The van der Waals surface area contributed by atoms with Crippen LogP contribution in [0.2, 0.25) is 0 Å².